The van der Waals surface area contributed by atoms with Crippen LogP contribution in [0.15, 0.2) is 42.5 Å². The third kappa shape index (κ3) is 2.62. The van der Waals surface area contributed by atoms with Crippen molar-refractivity contribution in [2.75, 3.05) is 13.2 Å². The van der Waals surface area contributed by atoms with Crippen LogP contribution in [0.25, 0.3) is 10.8 Å². The summed E-state index contributed by atoms with van der Waals surface area (Å²) in [7, 11) is 0. The first-order chi connectivity index (χ1) is 10.7. The molecular weight excluding hydrogens is 280 g/mol. The van der Waals surface area contributed by atoms with E-state index in [0.29, 0.717) is 6.42 Å². The number of amides is 3. The molecule has 5 heteroatoms. The summed E-state index contributed by atoms with van der Waals surface area (Å²) in [5, 5.41) is 4.78. The van der Waals surface area contributed by atoms with E-state index in [1.54, 1.807) is 0 Å². The molecule has 0 bridgehead atoms. The molecule has 114 valence electrons. The first-order valence-corrected chi connectivity index (χ1v) is 7.43. The topological polar surface area (TPSA) is 58.6 Å². The van der Waals surface area contributed by atoms with E-state index in [1.165, 1.54) is 4.90 Å². The lowest BCUT2D eigenvalue weighted by molar-refractivity contribution is -0.127. The van der Waals surface area contributed by atoms with Gasteiger partial charge in [-0.2, -0.15) is 0 Å². The van der Waals surface area contributed by atoms with E-state index in [4.69, 9.17) is 4.74 Å². The fourth-order valence-corrected chi connectivity index (χ4v) is 2.63. The van der Waals surface area contributed by atoms with Crippen LogP contribution in [0.4, 0.5) is 4.79 Å². The molecule has 1 N–H and O–H groups in total. The number of benzene rings is 2. The van der Waals surface area contributed by atoms with Crippen molar-refractivity contribution in [2.45, 2.75) is 19.4 Å². The summed E-state index contributed by atoms with van der Waals surface area (Å²) >= 11 is 0. The lowest BCUT2D eigenvalue weighted by Crippen LogP contribution is -2.35. The largest absolute Gasteiger partial charge is 0.491 e. The van der Waals surface area contributed by atoms with E-state index >= 15 is 0 Å². The van der Waals surface area contributed by atoms with Crippen molar-refractivity contribution in [1.82, 2.24) is 10.2 Å². The Balaban J connectivity index is 1.66. The number of nitrogens with one attached hydrogen (secondary N) is 1. The van der Waals surface area contributed by atoms with Gasteiger partial charge < -0.3 is 10.1 Å². The molecule has 0 radical (unpaired) electrons. The van der Waals surface area contributed by atoms with Gasteiger partial charge >= 0.3 is 6.03 Å². The highest BCUT2D eigenvalue weighted by Gasteiger charge is 2.36. The van der Waals surface area contributed by atoms with E-state index in [1.807, 2.05) is 49.4 Å². The van der Waals surface area contributed by atoms with E-state index < -0.39 is 6.04 Å². The van der Waals surface area contributed by atoms with Gasteiger partial charge in [0.15, 0.2) is 0 Å². The van der Waals surface area contributed by atoms with Gasteiger partial charge in [-0.05, 0) is 17.9 Å². The number of carbonyl (C=O) groups is 2. The monoisotopic (exact) mass is 298 g/mol. The Morgan fingerprint density at radius 2 is 1.91 bits per heavy atom. The number of hydrogen-bond acceptors (Lipinski definition) is 3. The zero-order valence-electron chi connectivity index (χ0n) is 12.4. The molecule has 5 nitrogen and oxygen atoms in total. The summed E-state index contributed by atoms with van der Waals surface area (Å²) in [6.07, 6.45) is 0.602. The highest BCUT2D eigenvalue weighted by molar-refractivity contribution is 6.04. The second-order valence-electron chi connectivity index (χ2n) is 5.23. The minimum Gasteiger partial charge on any atom is -0.491 e. The van der Waals surface area contributed by atoms with Crippen LogP contribution in [0, 0.1) is 0 Å². The number of nitrogens with zero attached hydrogens (tertiary/aromatic N) is 1. The predicted octanol–water partition coefficient (Wildman–Crippen LogP) is 2.55. The maximum Gasteiger partial charge on any atom is 0.324 e. The van der Waals surface area contributed by atoms with Gasteiger partial charge in [-0.1, -0.05) is 43.3 Å². The molecule has 2 aromatic rings. The molecule has 0 saturated carbocycles. The van der Waals surface area contributed by atoms with Crippen molar-refractivity contribution in [3.05, 3.63) is 42.5 Å². The molecule has 22 heavy (non-hydrogen) atoms. The fraction of sp³-hybridized carbons (Fsp3) is 0.294. The Morgan fingerprint density at radius 3 is 2.68 bits per heavy atom. The third-order valence-electron chi connectivity index (χ3n) is 3.84. The molecule has 1 heterocycles. The maximum absolute atomic E-state index is 12.0. The number of hydrogen-bond donors (Lipinski definition) is 1. The van der Waals surface area contributed by atoms with Crippen molar-refractivity contribution >= 4 is 22.7 Å². The summed E-state index contributed by atoms with van der Waals surface area (Å²) in [4.78, 5) is 25.0. The Morgan fingerprint density at radius 1 is 1.14 bits per heavy atom. The molecule has 0 aliphatic carbocycles. The Hall–Kier alpha value is -2.56. The quantitative estimate of drug-likeness (QED) is 0.863. The van der Waals surface area contributed by atoms with E-state index in [-0.39, 0.29) is 25.1 Å². The molecule has 1 aliphatic rings. The van der Waals surface area contributed by atoms with Crippen LogP contribution in [0.3, 0.4) is 0 Å². The minimum atomic E-state index is -0.398. The second-order valence-corrected chi connectivity index (χ2v) is 5.23. The van der Waals surface area contributed by atoms with Crippen molar-refractivity contribution in [1.29, 1.82) is 0 Å². The number of rotatable bonds is 5. The summed E-state index contributed by atoms with van der Waals surface area (Å²) in [5.41, 5.74) is 0. The van der Waals surface area contributed by atoms with Crippen LogP contribution < -0.4 is 10.1 Å². The van der Waals surface area contributed by atoms with E-state index in [9.17, 15) is 9.59 Å². The first kappa shape index (κ1) is 14.4. The van der Waals surface area contributed by atoms with Crippen molar-refractivity contribution in [3.63, 3.8) is 0 Å². The summed E-state index contributed by atoms with van der Waals surface area (Å²) in [6, 6.07) is 13.1. The molecule has 1 saturated heterocycles. The van der Waals surface area contributed by atoms with E-state index in [0.717, 1.165) is 16.5 Å². The Kier molecular flexibility index (Phi) is 3.96. The van der Waals surface area contributed by atoms with Gasteiger partial charge in [0.1, 0.15) is 18.4 Å². The van der Waals surface area contributed by atoms with Crippen LogP contribution in [0.5, 0.6) is 5.75 Å². The zero-order chi connectivity index (χ0) is 15.5. The van der Waals surface area contributed by atoms with Gasteiger partial charge in [0.05, 0.1) is 6.54 Å². The SMILES string of the molecule is CCC1NC(=O)N(CCOc2cccc3ccccc23)C1=O. The average Bonchev–Trinajstić information content (AvgIpc) is 2.82. The van der Waals surface area contributed by atoms with Crippen LogP contribution in [-0.2, 0) is 4.79 Å². The van der Waals surface area contributed by atoms with Gasteiger partial charge in [0.2, 0.25) is 0 Å². The number of imide groups is 1. The number of fused-ring (bicyclic) bond motifs is 1. The van der Waals surface area contributed by atoms with Gasteiger partial charge in [0, 0.05) is 5.39 Å². The maximum atomic E-state index is 12.0. The molecular formula is C17H18N2O3. The number of ether oxygens (including phenoxy) is 1. The molecule has 3 amide bonds. The molecule has 1 unspecified atom stereocenters. The third-order valence-corrected chi connectivity index (χ3v) is 3.84. The minimum absolute atomic E-state index is 0.172. The molecule has 1 aliphatic heterocycles. The Bertz CT molecular complexity index is 709. The molecule has 3 rings (SSSR count). The summed E-state index contributed by atoms with van der Waals surface area (Å²) in [5.74, 6) is 0.589. The molecule has 0 aromatic heterocycles. The van der Waals surface area contributed by atoms with Gasteiger partial charge in [-0.15, -0.1) is 0 Å². The molecule has 1 fully saturated rings. The number of carbonyl (C=O) groups excluding carboxylic acids is 2. The zero-order valence-corrected chi connectivity index (χ0v) is 12.4. The first-order valence-electron chi connectivity index (χ1n) is 7.43. The normalized spacial score (nSPS) is 17.9. The highest BCUT2D eigenvalue weighted by Crippen LogP contribution is 2.25. The van der Waals surface area contributed by atoms with Gasteiger partial charge in [-0.3, -0.25) is 9.69 Å². The van der Waals surface area contributed by atoms with Crippen molar-refractivity contribution < 1.29 is 14.3 Å². The molecule has 2 aromatic carbocycles. The lowest BCUT2D eigenvalue weighted by Gasteiger charge is -2.14. The van der Waals surface area contributed by atoms with Gasteiger partial charge in [-0.25, -0.2) is 4.79 Å². The van der Waals surface area contributed by atoms with E-state index in [2.05, 4.69) is 5.32 Å². The van der Waals surface area contributed by atoms with Crippen LogP contribution in [0.2, 0.25) is 0 Å². The predicted molar refractivity (Wildman–Crippen MR) is 83.8 cm³/mol. The second kappa shape index (κ2) is 6.05. The Labute approximate surface area is 128 Å². The van der Waals surface area contributed by atoms with Crippen molar-refractivity contribution in [2.24, 2.45) is 0 Å². The molecule has 0 spiro atoms. The summed E-state index contributed by atoms with van der Waals surface area (Å²) < 4.78 is 5.77. The summed E-state index contributed by atoms with van der Waals surface area (Å²) in [6.45, 7) is 2.41. The van der Waals surface area contributed by atoms with Gasteiger partial charge in [0.25, 0.3) is 5.91 Å². The standard InChI is InChI=1S/C17H18N2O3/c1-2-14-16(20)19(17(21)18-14)10-11-22-15-9-5-7-12-6-3-4-8-13(12)15/h3-9,14H,2,10-11H2,1H3,(H,18,21). The highest BCUT2D eigenvalue weighted by atomic mass is 16.5. The molecule has 1 atom stereocenters. The van der Waals surface area contributed by atoms with Crippen LogP contribution in [0.1, 0.15) is 13.3 Å². The average molecular weight is 298 g/mol. The number of urea groups is 1. The van der Waals surface area contributed by atoms with Crippen molar-refractivity contribution in [3.8, 4) is 5.75 Å². The lowest BCUT2D eigenvalue weighted by atomic mass is 10.1. The fourth-order valence-electron chi connectivity index (χ4n) is 2.63. The smallest absolute Gasteiger partial charge is 0.324 e. The van der Waals surface area contributed by atoms with Crippen LogP contribution in [-0.4, -0.2) is 36.0 Å². The van der Waals surface area contributed by atoms with Crippen LogP contribution >= 0.6 is 0 Å².